The Kier molecular flexibility index (Phi) is 6.83. The van der Waals surface area contributed by atoms with E-state index in [1.54, 1.807) is 24.3 Å². The first-order valence-electron chi connectivity index (χ1n) is 8.08. The fraction of sp³-hybridized carbons (Fsp3) is 0.263. The van der Waals surface area contributed by atoms with Gasteiger partial charge in [-0.3, -0.25) is 0 Å². The summed E-state index contributed by atoms with van der Waals surface area (Å²) in [6.45, 7) is 4.07. The summed E-state index contributed by atoms with van der Waals surface area (Å²) >= 11 is 0. The molecule has 0 atom stereocenters. The summed E-state index contributed by atoms with van der Waals surface area (Å²) in [7, 11) is 0. The number of amides is 2. The van der Waals surface area contributed by atoms with Crippen molar-refractivity contribution in [2.24, 2.45) is 0 Å². The minimum atomic E-state index is -0.517. The molecule has 0 aliphatic carbocycles. The third-order valence-electron chi connectivity index (χ3n) is 3.14. The molecule has 0 bridgehead atoms. The van der Waals surface area contributed by atoms with Gasteiger partial charge in [0.25, 0.3) is 0 Å². The van der Waals surface area contributed by atoms with Crippen LogP contribution in [0.2, 0.25) is 0 Å². The lowest BCUT2D eigenvalue weighted by Crippen LogP contribution is -2.34. The largest absolute Gasteiger partial charge is 0.490 e. The van der Waals surface area contributed by atoms with Gasteiger partial charge >= 0.3 is 12.0 Å². The Labute approximate surface area is 147 Å². The first-order chi connectivity index (χ1) is 12.1. The predicted octanol–water partition coefficient (Wildman–Crippen LogP) is 3.45. The lowest BCUT2D eigenvalue weighted by atomic mass is 10.2. The highest BCUT2D eigenvalue weighted by atomic mass is 16.6. The van der Waals surface area contributed by atoms with Gasteiger partial charge < -0.3 is 20.1 Å². The molecule has 0 saturated carbocycles. The van der Waals surface area contributed by atoms with Crippen molar-refractivity contribution in [3.8, 4) is 5.75 Å². The SMILES string of the molecule is CC(C)NC(=O)Nc1ccccc1C(=O)OCCOc1ccccc1. The number of hydrogen-bond acceptors (Lipinski definition) is 4. The topological polar surface area (TPSA) is 76.7 Å². The number of carbonyl (C=O) groups is 2. The number of esters is 1. The average molecular weight is 342 g/mol. The Morgan fingerprint density at radius 1 is 0.960 bits per heavy atom. The van der Waals surface area contributed by atoms with Crippen molar-refractivity contribution in [2.45, 2.75) is 19.9 Å². The molecular formula is C19H22N2O4. The number of carbonyl (C=O) groups excluding carboxylic acids is 2. The van der Waals surface area contributed by atoms with Gasteiger partial charge in [0.2, 0.25) is 0 Å². The predicted molar refractivity (Wildman–Crippen MR) is 96.0 cm³/mol. The summed E-state index contributed by atoms with van der Waals surface area (Å²) in [5.74, 6) is 0.197. The van der Waals surface area contributed by atoms with E-state index < -0.39 is 5.97 Å². The molecule has 2 N–H and O–H groups in total. The van der Waals surface area contributed by atoms with Gasteiger partial charge in [-0.25, -0.2) is 9.59 Å². The second-order valence-electron chi connectivity index (χ2n) is 5.60. The molecule has 0 aliphatic heterocycles. The lowest BCUT2D eigenvalue weighted by Gasteiger charge is -2.13. The minimum Gasteiger partial charge on any atom is -0.490 e. The zero-order valence-electron chi connectivity index (χ0n) is 14.3. The summed E-state index contributed by atoms with van der Waals surface area (Å²) in [5, 5.41) is 5.36. The molecule has 132 valence electrons. The van der Waals surface area contributed by atoms with Crippen molar-refractivity contribution in [3.63, 3.8) is 0 Å². The Morgan fingerprint density at radius 3 is 2.36 bits per heavy atom. The average Bonchev–Trinajstić information content (AvgIpc) is 2.59. The molecule has 0 aliphatic rings. The fourth-order valence-electron chi connectivity index (χ4n) is 2.08. The molecule has 2 aromatic carbocycles. The smallest absolute Gasteiger partial charge is 0.340 e. The number of anilines is 1. The van der Waals surface area contributed by atoms with Crippen molar-refractivity contribution in [1.82, 2.24) is 5.32 Å². The number of urea groups is 1. The van der Waals surface area contributed by atoms with Crippen LogP contribution in [0.5, 0.6) is 5.75 Å². The van der Waals surface area contributed by atoms with Crippen LogP contribution in [0.1, 0.15) is 24.2 Å². The number of nitrogens with one attached hydrogen (secondary N) is 2. The second kappa shape index (κ2) is 9.32. The zero-order valence-corrected chi connectivity index (χ0v) is 14.3. The lowest BCUT2D eigenvalue weighted by molar-refractivity contribution is 0.0451. The van der Waals surface area contributed by atoms with Gasteiger partial charge in [-0.15, -0.1) is 0 Å². The van der Waals surface area contributed by atoms with Crippen LogP contribution in [0.3, 0.4) is 0 Å². The maximum Gasteiger partial charge on any atom is 0.340 e. The van der Waals surface area contributed by atoms with Crippen molar-refractivity contribution in [1.29, 1.82) is 0 Å². The van der Waals surface area contributed by atoms with Crippen molar-refractivity contribution >= 4 is 17.7 Å². The van der Waals surface area contributed by atoms with E-state index in [0.717, 1.165) is 0 Å². The third kappa shape index (κ3) is 6.18. The van der Waals surface area contributed by atoms with E-state index in [0.29, 0.717) is 17.0 Å². The Bertz CT molecular complexity index is 702. The van der Waals surface area contributed by atoms with Gasteiger partial charge in [-0.05, 0) is 38.1 Å². The van der Waals surface area contributed by atoms with E-state index in [2.05, 4.69) is 10.6 Å². The van der Waals surface area contributed by atoms with Gasteiger partial charge in [-0.1, -0.05) is 30.3 Å². The third-order valence-corrected chi connectivity index (χ3v) is 3.14. The van der Waals surface area contributed by atoms with E-state index in [9.17, 15) is 9.59 Å². The Hall–Kier alpha value is -3.02. The van der Waals surface area contributed by atoms with Crippen LogP contribution < -0.4 is 15.4 Å². The van der Waals surface area contributed by atoms with Gasteiger partial charge in [0, 0.05) is 6.04 Å². The minimum absolute atomic E-state index is 0.00532. The molecule has 0 heterocycles. The molecule has 0 radical (unpaired) electrons. The van der Waals surface area contributed by atoms with Crippen LogP contribution in [0.4, 0.5) is 10.5 Å². The Morgan fingerprint density at radius 2 is 1.64 bits per heavy atom. The second-order valence-corrected chi connectivity index (χ2v) is 5.60. The van der Waals surface area contributed by atoms with Crippen molar-refractivity contribution in [2.75, 3.05) is 18.5 Å². The standard InChI is InChI=1S/C19H22N2O4/c1-14(2)20-19(23)21-17-11-7-6-10-16(17)18(22)25-13-12-24-15-8-4-3-5-9-15/h3-11,14H,12-13H2,1-2H3,(H2,20,21,23). The quantitative estimate of drug-likeness (QED) is 0.597. The summed E-state index contributed by atoms with van der Waals surface area (Å²) in [6.07, 6.45) is 0. The highest BCUT2D eigenvalue weighted by Gasteiger charge is 2.14. The van der Waals surface area contributed by atoms with Crippen LogP contribution >= 0.6 is 0 Å². The summed E-state index contributed by atoms with van der Waals surface area (Å²) in [4.78, 5) is 24.1. The molecule has 6 nitrogen and oxygen atoms in total. The molecule has 2 aromatic rings. The van der Waals surface area contributed by atoms with Crippen LogP contribution in [0.25, 0.3) is 0 Å². The normalized spacial score (nSPS) is 10.2. The number of rotatable bonds is 7. The van der Waals surface area contributed by atoms with Gasteiger partial charge in [0.15, 0.2) is 0 Å². The molecule has 2 amide bonds. The van der Waals surface area contributed by atoms with E-state index in [1.807, 2.05) is 44.2 Å². The fourth-order valence-corrected chi connectivity index (χ4v) is 2.08. The molecule has 0 aromatic heterocycles. The zero-order chi connectivity index (χ0) is 18.1. The van der Waals surface area contributed by atoms with Crippen molar-refractivity contribution in [3.05, 3.63) is 60.2 Å². The Balaban J connectivity index is 1.87. The van der Waals surface area contributed by atoms with Crippen LogP contribution in [0, 0.1) is 0 Å². The van der Waals surface area contributed by atoms with Crippen LogP contribution in [0.15, 0.2) is 54.6 Å². The number of ether oxygens (including phenoxy) is 2. The van der Waals surface area contributed by atoms with Gasteiger partial charge in [0.05, 0.1) is 11.3 Å². The highest BCUT2D eigenvalue weighted by molar-refractivity contribution is 6.00. The van der Waals surface area contributed by atoms with E-state index >= 15 is 0 Å². The van der Waals surface area contributed by atoms with Crippen LogP contribution in [-0.4, -0.2) is 31.3 Å². The summed E-state index contributed by atoms with van der Waals surface area (Å²) < 4.78 is 10.7. The number of hydrogen-bond donors (Lipinski definition) is 2. The molecule has 0 unspecified atom stereocenters. The first kappa shape index (κ1) is 18.3. The van der Waals surface area contributed by atoms with Gasteiger partial charge in [-0.2, -0.15) is 0 Å². The van der Waals surface area contributed by atoms with Gasteiger partial charge in [0.1, 0.15) is 19.0 Å². The molecule has 2 rings (SSSR count). The molecular weight excluding hydrogens is 320 g/mol. The number of benzene rings is 2. The summed E-state index contributed by atoms with van der Waals surface area (Å²) in [6, 6.07) is 15.6. The monoisotopic (exact) mass is 342 g/mol. The molecule has 6 heteroatoms. The van der Waals surface area contributed by atoms with E-state index in [-0.39, 0.29) is 25.3 Å². The molecule has 0 saturated heterocycles. The highest BCUT2D eigenvalue weighted by Crippen LogP contribution is 2.16. The number of para-hydroxylation sites is 2. The molecule has 25 heavy (non-hydrogen) atoms. The van der Waals surface area contributed by atoms with Crippen LogP contribution in [-0.2, 0) is 4.74 Å². The summed E-state index contributed by atoms with van der Waals surface area (Å²) in [5.41, 5.74) is 0.691. The molecule has 0 fully saturated rings. The first-order valence-corrected chi connectivity index (χ1v) is 8.08. The van der Waals surface area contributed by atoms with E-state index in [1.165, 1.54) is 0 Å². The maximum absolute atomic E-state index is 12.2. The van der Waals surface area contributed by atoms with E-state index in [4.69, 9.17) is 9.47 Å². The maximum atomic E-state index is 12.2. The van der Waals surface area contributed by atoms with Crippen molar-refractivity contribution < 1.29 is 19.1 Å². The molecule has 0 spiro atoms.